The van der Waals surface area contributed by atoms with Gasteiger partial charge in [0.25, 0.3) is 0 Å². The van der Waals surface area contributed by atoms with Crippen LogP contribution in [0.15, 0.2) is 53.9 Å². The van der Waals surface area contributed by atoms with Gasteiger partial charge in [0.05, 0.1) is 17.3 Å². The molecule has 0 aliphatic rings. The Kier molecular flexibility index (Phi) is 3.37. The highest BCUT2D eigenvalue weighted by molar-refractivity contribution is 7.99. The number of para-hydroxylation sites is 1. The van der Waals surface area contributed by atoms with Gasteiger partial charge < -0.3 is 0 Å². The van der Waals surface area contributed by atoms with Gasteiger partial charge in [0.1, 0.15) is 0 Å². The summed E-state index contributed by atoms with van der Waals surface area (Å²) in [7, 11) is 0. The smallest absolute Gasteiger partial charge is 0.192 e. The lowest BCUT2D eigenvalue weighted by Crippen LogP contribution is -1.98. The van der Waals surface area contributed by atoms with Crippen molar-refractivity contribution in [3.63, 3.8) is 0 Å². The van der Waals surface area contributed by atoms with E-state index in [0.29, 0.717) is 16.7 Å². The fourth-order valence-electron chi connectivity index (χ4n) is 2.34. The summed E-state index contributed by atoms with van der Waals surface area (Å²) in [6.07, 6.45) is 3.42. The third-order valence-corrected chi connectivity index (χ3v) is 4.15. The first-order valence-corrected chi connectivity index (χ1v) is 7.91. The Labute approximate surface area is 135 Å². The average Bonchev–Trinajstić information content (AvgIpc) is 3.06. The summed E-state index contributed by atoms with van der Waals surface area (Å²) in [6, 6.07) is 13.7. The van der Waals surface area contributed by atoms with Crippen LogP contribution in [0.4, 0.5) is 0 Å². The van der Waals surface area contributed by atoms with E-state index in [0.717, 1.165) is 22.1 Å². The third-order valence-electron chi connectivity index (χ3n) is 3.35. The number of aromatic nitrogens is 5. The standard InChI is InChI=1S/C16H10N6S/c17-7-10-23-16-19-13-4-2-1-3-12(13)15-20-14(21-22(15)16)11-5-8-18-9-6-11/h1-6,8-9H,10H2. The molecular formula is C16H10N6S. The molecule has 4 aromatic rings. The van der Waals surface area contributed by atoms with Crippen LogP contribution in [-0.4, -0.2) is 30.3 Å². The van der Waals surface area contributed by atoms with Gasteiger partial charge in [-0.15, -0.1) is 5.10 Å². The van der Waals surface area contributed by atoms with Crippen molar-refractivity contribution in [2.75, 3.05) is 5.75 Å². The third kappa shape index (κ3) is 2.39. The lowest BCUT2D eigenvalue weighted by Gasteiger charge is -2.03. The van der Waals surface area contributed by atoms with Gasteiger partial charge in [0.2, 0.25) is 0 Å². The van der Waals surface area contributed by atoms with Crippen LogP contribution in [0.1, 0.15) is 0 Å². The summed E-state index contributed by atoms with van der Waals surface area (Å²) in [5.41, 5.74) is 2.47. The first-order chi connectivity index (χ1) is 11.4. The Bertz CT molecular complexity index is 1030. The second-order valence-electron chi connectivity index (χ2n) is 4.77. The lowest BCUT2D eigenvalue weighted by atomic mass is 10.2. The molecule has 110 valence electrons. The van der Waals surface area contributed by atoms with Gasteiger partial charge in [-0.25, -0.2) is 9.97 Å². The molecule has 3 heterocycles. The number of nitrogens with zero attached hydrogens (tertiary/aromatic N) is 6. The summed E-state index contributed by atoms with van der Waals surface area (Å²) in [6.45, 7) is 0. The molecule has 0 atom stereocenters. The minimum absolute atomic E-state index is 0.310. The highest BCUT2D eigenvalue weighted by atomic mass is 32.2. The Morgan fingerprint density at radius 2 is 1.91 bits per heavy atom. The molecule has 0 aliphatic heterocycles. The van der Waals surface area contributed by atoms with Gasteiger partial charge in [0.15, 0.2) is 16.6 Å². The fourth-order valence-corrected chi connectivity index (χ4v) is 2.95. The molecule has 0 saturated carbocycles. The van der Waals surface area contributed by atoms with Crippen LogP contribution in [-0.2, 0) is 0 Å². The van der Waals surface area contributed by atoms with Crippen molar-refractivity contribution >= 4 is 28.3 Å². The number of thioether (sulfide) groups is 1. The molecule has 0 fully saturated rings. The second kappa shape index (κ2) is 5.66. The molecule has 0 aliphatic carbocycles. The van der Waals surface area contributed by atoms with Gasteiger partial charge in [-0.05, 0) is 24.3 Å². The van der Waals surface area contributed by atoms with E-state index in [4.69, 9.17) is 5.26 Å². The molecule has 4 rings (SSSR count). The predicted molar refractivity (Wildman–Crippen MR) is 87.9 cm³/mol. The van der Waals surface area contributed by atoms with Crippen molar-refractivity contribution in [1.82, 2.24) is 24.6 Å². The summed E-state index contributed by atoms with van der Waals surface area (Å²) in [4.78, 5) is 13.3. The monoisotopic (exact) mass is 318 g/mol. The molecule has 6 nitrogen and oxygen atoms in total. The van der Waals surface area contributed by atoms with Gasteiger partial charge in [-0.3, -0.25) is 4.98 Å². The van der Waals surface area contributed by atoms with Crippen LogP contribution in [0.3, 0.4) is 0 Å². The van der Waals surface area contributed by atoms with E-state index in [-0.39, 0.29) is 0 Å². The summed E-state index contributed by atoms with van der Waals surface area (Å²) in [5.74, 6) is 0.926. The van der Waals surface area contributed by atoms with Gasteiger partial charge >= 0.3 is 0 Å². The molecular weight excluding hydrogens is 308 g/mol. The quantitative estimate of drug-likeness (QED) is 0.427. The van der Waals surface area contributed by atoms with Gasteiger partial charge in [-0.1, -0.05) is 23.9 Å². The maximum absolute atomic E-state index is 8.85. The zero-order chi connectivity index (χ0) is 15.6. The van der Waals surface area contributed by atoms with Crippen molar-refractivity contribution < 1.29 is 0 Å². The molecule has 0 N–H and O–H groups in total. The zero-order valence-corrected chi connectivity index (χ0v) is 12.7. The van der Waals surface area contributed by atoms with E-state index < -0.39 is 0 Å². The largest absolute Gasteiger partial charge is 0.265 e. The number of nitriles is 1. The molecule has 0 radical (unpaired) electrons. The topological polar surface area (TPSA) is 79.8 Å². The Morgan fingerprint density at radius 1 is 1.09 bits per heavy atom. The molecule has 3 aromatic heterocycles. The number of hydrogen-bond donors (Lipinski definition) is 0. The first kappa shape index (κ1) is 13.7. The Balaban J connectivity index is 2.00. The molecule has 0 unspecified atom stereocenters. The van der Waals surface area contributed by atoms with E-state index in [1.807, 2.05) is 36.4 Å². The Hall–Kier alpha value is -2.98. The zero-order valence-electron chi connectivity index (χ0n) is 11.9. The Morgan fingerprint density at radius 3 is 2.74 bits per heavy atom. The van der Waals surface area contributed by atoms with E-state index in [2.05, 4.69) is 26.1 Å². The van der Waals surface area contributed by atoms with Crippen molar-refractivity contribution in [2.45, 2.75) is 5.16 Å². The van der Waals surface area contributed by atoms with Crippen LogP contribution in [0, 0.1) is 11.3 Å². The molecule has 0 bridgehead atoms. The normalized spacial score (nSPS) is 10.9. The van der Waals surface area contributed by atoms with Gasteiger partial charge in [-0.2, -0.15) is 9.78 Å². The molecule has 0 saturated heterocycles. The van der Waals surface area contributed by atoms with E-state index in [1.165, 1.54) is 11.8 Å². The first-order valence-electron chi connectivity index (χ1n) is 6.92. The number of pyridine rings is 1. The fraction of sp³-hybridized carbons (Fsp3) is 0.0625. The van der Waals surface area contributed by atoms with Crippen molar-refractivity contribution in [2.24, 2.45) is 0 Å². The molecule has 7 heteroatoms. The maximum atomic E-state index is 8.85. The van der Waals surface area contributed by atoms with Crippen LogP contribution in [0.25, 0.3) is 27.9 Å². The van der Waals surface area contributed by atoms with Crippen LogP contribution < -0.4 is 0 Å². The summed E-state index contributed by atoms with van der Waals surface area (Å²) in [5, 5.41) is 15.0. The molecule has 1 aromatic carbocycles. The maximum Gasteiger partial charge on any atom is 0.192 e. The van der Waals surface area contributed by atoms with Crippen molar-refractivity contribution in [1.29, 1.82) is 5.26 Å². The van der Waals surface area contributed by atoms with Crippen LogP contribution >= 0.6 is 11.8 Å². The number of benzene rings is 1. The van der Waals surface area contributed by atoms with E-state index in [9.17, 15) is 0 Å². The van der Waals surface area contributed by atoms with Crippen LogP contribution in [0.5, 0.6) is 0 Å². The van der Waals surface area contributed by atoms with E-state index in [1.54, 1.807) is 16.9 Å². The van der Waals surface area contributed by atoms with Crippen LogP contribution in [0.2, 0.25) is 0 Å². The lowest BCUT2D eigenvalue weighted by molar-refractivity contribution is 0.812. The highest BCUT2D eigenvalue weighted by Gasteiger charge is 2.14. The second-order valence-corrected chi connectivity index (χ2v) is 5.71. The van der Waals surface area contributed by atoms with Gasteiger partial charge in [0, 0.05) is 23.3 Å². The average molecular weight is 318 g/mol. The number of fused-ring (bicyclic) bond motifs is 3. The molecule has 0 amide bonds. The number of rotatable bonds is 3. The molecule has 23 heavy (non-hydrogen) atoms. The SMILES string of the molecule is N#CCSc1nc2ccccc2c2nc(-c3ccncc3)nn12. The van der Waals surface area contributed by atoms with E-state index >= 15 is 0 Å². The minimum Gasteiger partial charge on any atom is -0.265 e. The summed E-state index contributed by atoms with van der Waals surface area (Å²) >= 11 is 1.35. The molecule has 0 spiro atoms. The predicted octanol–water partition coefficient (Wildman–Crippen LogP) is 2.96. The number of hydrogen-bond acceptors (Lipinski definition) is 6. The minimum atomic E-state index is 0.310. The van der Waals surface area contributed by atoms with Crippen molar-refractivity contribution in [3.8, 4) is 17.5 Å². The summed E-state index contributed by atoms with van der Waals surface area (Å²) < 4.78 is 1.71. The van der Waals surface area contributed by atoms with Crippen molar-refractivity contribution in [3.05, 3.63) is 48.8 Å². The highest BCUT2D eigenvalue weighted by Crippen LogP contribution is 2.25.